The molecule has 2 aromatic heterocycles. The van der Waals surface area contributed by atoms with E-state index in [4.69, 9.17) is 10.3 Å². The summed E-state index contributed by atoms with van der Waals surface area (Å²) in [7, 11) is 0. The van der Waals surface area contributed by atoms with Gasteiger partial charge in [0.2, 0.25) is 0 Å². The first-order chi connectivity index (χ1) is 8.21. The van der Waals surface area contributed by atoms with E-state index >= 15 is 0 Å². The van der Waals surface area contributed by atoms with Gasteiger partial charge in [-0.3, -0.25) is 0 Å². The Bertz CT molecular complexity index is 510. The molecule has 0 atom stereocenters. The summed E-state index contributed by atoms with van der Waals surface area (Å²) < 4.78 is 5.54. The third kappa shape index (κ3) is 1.67. The fourth-order valence-corrected chi connectivity index (χ4v) is 3.53. The van der Waals surface area contributed by atoms with Crippen molar-refractivity contribution in [1.82, 2.24) is 5.16 Å². The SMILES string of the molecule is CC1(c2onc(N)c2-c2cccs2)CCCC1. The maximum absolute atomic E-state index is 5.96. The number of aromatic nitrogens is 1. The summed E-state index contributed by atoms with van der Waals surface area (Å²) >= 11 is 1.69. The summed E-state index contributed by atoms with van der Waals surface area (Å²) in [6.45, 7) is 2.26. The molecular formula is C13H16N2OS. The predicted molar refractivity (Wildman–Crippen MR) is 70.0 cm³/mol. The molecule has 1 fully saturated rings. The maximum Gasteiger partial charge on any atom is 0.175 e. The minimum absolute atomic E-state index is 0.115. The molecule has 3 nitrogen and oxygen atoms in total. The average Bonchev–Trinajstić information content (AvgIpc) is 2.97. The van der Waals surface area contributed by atoms with Crippen LogP contribution in [0, 0.1) is 0 Å². The lowest BCUT2D eigenvalue weighted by Gasteiger charge is -2.20. The lowest BCUT2D eigenvalue weighted by atomic mass is 9.83. The van der Waals surface area contributed by atoms with E-state index in [1.54, 1.807) is 11.3 Å². The summed E-state index contributed by atoms with van der Waals surface area (Å²) in [5.74, 6) is 1.51. The van der Waals surface area contributed by atoms with Gasteiger partial charge in [-0.1, -0.05) is 31.0 Å². The summed E-state index contributed by atoms with van der Waals surface area (Å²) in [6.07, 6.45) is 4.86. The van der Waals surface area contributed by atoms with Gasteiger partial charge in [-0.2, -0.15) is 0 Å². The quantitative estimate of drug-likeness (QED) is 0.879. The van der Waals surface area contributed by atoms with E-state index in [2.05, 4.69) is 23.5 Å². The van der Waals surface area contributed by atoms with E-state index in [1.807, 2.05) is 6.07 Å². The van der Waals surface area contributed by atoms with Gasteiger partial charge in [-0.05, 0) is 24.3 Å². The molecule has 0 radical (unpaired) electrons. The minimum Gasteiger partial charge on any atom is -0.380 e. The van der Waals surface area contributed by atoms with Crippen molar-refractivity contribution in [1.29, 1.82) is 0 Å². The second kappa shape index (κ2) is 3.88. The van der Waals surface area contributed by atoms with Crippen LogP contribution in [0.5, 0.6) is 0 Å². The number of rotatable bonds is 2. The molecule has 0 saturated heterocycles. The number of thiophene rings is 1. The number of nitrogens with two attached hydrogens (primary N) is 1. The molecule has 0 amide bonds. The normalized spacial score (nSPS) is 18.6. The molecule has 0 aliphatic heterocycles. The van der Waals surface area contributed by atoms with Crippen LogP contribution in [0.2, 0.25) is 0 Å². The zero-order valence-electron chi connectivity index (χ0n) is 9.90. The first-order valence-corrected chi connectivity index (χ1v) is 6.88. The van der Waals surface area contributed by atoms with E-state index in [-0.39, 0.29) is 5.41 Å². The molecule has 1 aliphatic rings. The van der Waals surface area contributed by atoms with Crippen molar-refractivity contribution in [2.24, 2.45) is 0 Å². The molecule has 2 aromatic rings. The van der Waals surface area contributed by atoms with Gasteiger partial charge in [-0.25, -0.2) is 0 Å². The Hall–Kier alpha value is -1.29. The van der Waals surface area contributed by atoms with Crippen molar-refractivity contribution in [2.45, 2.75) is 38.0 Å². The zero-order chi connectivity index (χ0) is 11.9. The average molecular weight is 248 g/mol. The lowest BCUT2D eigenvalue weighted by Crippen LogP contribution is -2.16. The van der Waals surface area contributed by atoms with Gasteiger partial charge >= 0.3 is 0 Å². The number of nitrogens with zero attached hydrogens (tertiary/aromatic N) is 1. The van der Waals surface area contributed by atoms with Crippen LogP contribution in [0.1, 0.15) is 38.4 Å². The molecule has 3 rings (SSSR count). The van der Waals surface area contributed by atoms with E-state index in [1.165, 1.54) is 25.7 Å². The van der Waals surface area contributed by atoms with E-state index < -0.39 is 0 Å². The topological polar surface area (TPSA) is 52.0 Å². The summed E-state index contributed by atoms with van der Waals surface area (Å²) in [4.78, 5) is 1.16. The molecule has 0 bridgehead atoms. The molecule has 0 aromatic carbocycles. The largest absolute Gasteiger partial charge is 0.380 e. The first-order valence-electron chi connectivity index (χ1n) is 6.00. The zero-order valence-corrected chi connectivity index (χ0v) is 10.7. The molecule has 4 heteroatoms. The molecule has 17 heavy (non-hydrogen) atoms. The third-order valence-corrected chi connectivity index (χ3v) is 4.63. The van der Waals surface area contributed by atoms with Crippen LogP contribution in [-0.2, 0) is 5.41 Å². The van der Waals surface area contributed by atoms with Crippen molar-refractivity contribution in [2.75, 3.05) is 5.73 Å². The van der Waals surface area contributed by atoms with Gasteiger partial charge in [0.25, 0.3) is 0 Å². The van der Waals surface area contributed by atoms with Crippen molar-refractivity contribution in [3.63, 3.8) is 0 Å². The van der Waals surface area contributed by atoms with Gasteiger partial charge in [0.1, 0.15) is 0 Å². The number of hydrogen-bond acceptors (Lipinski definition) is 4. The second-order valence-electron chi connectivity index (χ2n) is 5.02. The molecule has 90 valence electrons. The van der Waals surface area contributed by atoms with Crippen LogP contribution >= 0.6 is 11.3 Å². The van der Waals surface area contributed by atoms with Crippen LogP contribution in [-0.4, -0.2) is 5.16 Å². The standard InChI is InChI=1S/C13H16N2OS/c1-13(6-2-3-7-13)11-10(12(14)15-16-11)9-5-4-8-17-9/h4-5,8H,2-3,6-7H2,1H3,(H2,14,15). The number of hydrogen-bond donors (Lipinski definition) is 1. The minimum atomic E-state index is 0.115. The first kappa shape index (κ1) is 10.8. The Morgan fingerprint density at radius 2 is 2.18 bits per heavy atom. The van der Waals surface area contributed by atoms with Crippen molar-refractivity contribution in [3.05, 3.63) is 23.3 Å². The Labute approximate surface area is 105 Å². The van der Waals surface area contributed by atoms with Crippen LogP contribution in [0.3, 0.4) is 0 Å². The van der Waals surface area contributed by atoms with Gasteiger partial charge in [0.15, 0.2) is 11.6 Å². The number of nitrogen functional groups attached to an aromatic ring is 1. The third-order valence-electron chi connectivity index (χ3n) is 3.74. The molecule has 0 spiro atoms. The van der Waals surface area contributed by atoms with Gasteiger partial charge in [-0.15, -0.1) is 11.3 Å². The monoisotopic (exact) mass is 248 g/mol. The van der Waals surface area contributed by atoms with Crippen LogP contribution < -0.4 is 5.73 Å². The fourth-order valence-electron chi connectivity index (χ4n) is 2.76. The fraction of sp³-hybridized carbons (Fsp3) is 0.462. The van der Waals surface area contributed by atoms with Gasteiger partial charge < -0.3 is 10.3 Å². The summed E-state index contributed by atoms with van der Waals surface area (Å²) in [5, 5.41) is 6.03. The summed E-state index contributed by atoms with van der Waals surface area (Å²) in [5.41, 5.74) is 7.09. The smallest absolute Gasteiger partial charge is 0.175 e. The van der Waals surface area contributed by atoms with E-state index in [0.29, 0.717) is 5.82 Å². The predicted octanol–water partition coefficient (Wildman–Crippen LogP) is 3.82. The Balaban J connectivity index is 2.12. The Kier molecular flexibility index (Phi) is 2.47. The van der Waals surface area contributed by atoms with Crippen LogP contribution in [0.25, 0.3) is 10.4 Å². The maximum atomic E-state index is 5.96. The molecule has 1 aliphatic carbocycles. The highest BCUT2D eigenvalue weighted by atomic mass is 32.1. The van der Waals surface area contributed by atoms with Crippen LogP contribution in [0.4, 0.5) is 5.82 Å². The van der Waals surface area contributed by atoms with Crippen molar-refractivity contribution < 1.29 is 4.52 Å². The van der Waals surface area contributed by atoms with Gasteiger partial charge in [0.05, 0.1) is 5.56 Å². The molecule has 1 saturated carbocycles. The van der Waals surface area contributed by atoms with Crippen LogP contribution in [0.15, 0.2) is 22.0 Å². The lowest BCUT2D eigenvalue weighted by molar-refractivity contribution is 0.307. The Morgan fingerprint density at radius 3 is 2.82 bits per heavy atom. The van der Waals surface area contributed by atoms with Gasteiger partial charge in [0, 0.05) is 10.3 Å². The van der Waals surface area contributed by atoms with E-state index in [9.17, 15) is 0 Å². The molecular weight excluding hydrogens is 232 g/mol. The summed E-state index contributed by atoms with van der Waals surface area (Å²) in [6, 6.07) is 4.11. The number of anilines is 1. The van der Waals surface area contributed by atoms with Crippen molar-refractivity contribution in [3.8, 4) is 10.4 Å². The molecule has 2 heterocycles. The highest BCUT2D eigenvalue weighted by molar-refractivity contribution is 7.13. The van der Waals surface area contributed by atoms with Crippen molar-refractivity contribution >= 4 is 17.2 Å². The molecule has 2 N–H and O–H groups in total. The highest BCUT2D eigenvalue weighted by Gasteiger charge is 2.37. The second-order valence-corrected chi connectivity index (χ2v) is 5.96. The Morgan fingerprint density at radius 1 is 1.41 bits per heavy atom. The molecule has 0 unspecified atom stereocenters. The highest BCUT2D eigenvalue weighted by Crippen LogP contribution is 2.46. The van der Waals surface area contributed by atoms with E-state index in [0.717, 1.165) is 16.2 Å².